The van der Waals surface area contributed by atoms with Crippen molar-refractivity contribution in [3.05, 3.63) is 23.8 Å². The Bertz CT molecular complexity index is 539. The first kappa shape index (κ1) is 17.5. The average molecular weight is 310 g/mol. The fourth-order valence-electron chi connectivity index (χ4n) is 1.62. The molecule has 0 spiro atoms. The zero-order valence-corrected chi connectivity index (χ0v) is 12.7. The van der Waals surface area contributed by atoms with Crippen LogP contribution in [0.5, 0.6) is 11.5 Å². The summed E-state index contributed by atoms with van der Waals surface area (Å²) in [4.78, 5) is 32.7. The van der Waals surface area contributed by atoms with Crippen LogP contribution in [0.3, 0.4) is 0 Å². The Morgan fingerprint density at radius 2 is 1.86 bits per heavy atom. The molecule has 0 amide bonds. The smallest absolute Gasteiger partial charge is 0.303 e. The molecule has 1 unspecified atom stereocenters. The van der Waals surface area contributed by atoms with E-state index in [4.69, 9.17) is 18.9 Å². The SMILES string of the molecule is COc1ccc(C=O)cc1OCC(COC(C)=O)OC(C)=O. The summed E-state index contributed by atoms with van der Waals surface area (Å²) in [5.74, 6) is -0.251. The predicted octanol–water partition coefficient (Wildman–Crippen LogP) is 1.38. The summed E-state index contributed by atoms with van der Waals surface area (Å²) in [5.41, 5.74) is 0.417. The number of ether oxygens (including phenoxy) is 4. The molecular weight excluding hydrogens is 292 g/mol. The molecule has 7 nitrogen and oxygen atoms in total. The quantitative estimate of drug-likeness (QED) is 0.529. The largest absolute Gasteiger partial charge is 0.493 e. The van der Waals surface area contributed by atoms with Gasteiger partial charge in [-0.3, -0.25) is 14.4 Å². The van der Waals surface area contributed by atoms with Crippen molar-refractivity contribution in [3.8, 4) is 11.5 Å². The average Bonchev–Trinajstić information content (AvgIpc) is 2.49. The van der Waals surface area contributed by atoms with Crippen molar-refractivity contribution in [2.75, 3.05) is 20.3 Å². The molecule has 0 radical (unpaired) electrons. The number of carbonyl (C=O) groups is 3. The molecule has 0 heterocycles. The number of rotatable bonds is 8. The van der Waals surface area contributed by atoms with Gasteiger partial charge in [0.05, 0.1) is 7.11 Å². The van der Waals surface area contributed by atoms with Gasteiger partial charge in [0.15, 0.2) is 17.6 Å². The van der Waals surface area contributed by atoms with E-state index in [2.05, 4.69) is 0 Å². The second-order valence-corrected chi connectivity index (χ2v) is 4.37. The molecule has 0 N–H and O–H groups in total. The molecule has 0 aliphatic rings. The Morgan fingerprint density at radius 3 is 2.41 bits per heavy atom. The van der Waals surface area contributed by atoms with E-state index in [1.807, 2.05) is 0 Å². The summed E-state index contributed by atoms with van der Waals surface area (Å²) in [7, 11) is 1.46. The Kier molecular flexibility index (Phi) is 6.88. The third-order valence-corrected chi connectivity index (χ3v) is 2.55. The van der Waals surface area contributed by atoms with Crippen LogP contribution in [0, 0.1) is 0 Å². The Morgan fingerprint density at radius 1 is 1.14 bits per heavy atom. The van der Waals surface area contributed by atoms with Crippen molar-refractivity contribution in [1.29, 1.82) is 0 Å². The highest BCUT2D eigenvalue weighted by atomic mass is 16.6. The summed E-state index contributed by atoms with van der Waals surface area (Å²) in [5, 5.41) is 0. The number of hydrogen-bond donors (Lipinski definition) is 0. The van der Waals surface area contributed by atoms with E-state index in [0.29, 0.717) is 23.3 Å². The third-order valence-electron chi connectivity index (χ3n) is 2.55. The Hall–Kier alpha value is -2.57. The fraction of sp³-hybridized carbons (Fsp3) is 0.400. The number of benzene rings is 1. The van der Waals surface area contributed by atoms with Crippen molar-refractivity contribution in [2.24, 2.45) is 0 Å². The minimum absolute atomic E-state index is 0.0501. The standard InChI is InChI=1S/C15H18O7/c1-10(17)20-8-13(22-11(2)18)9-21-15-6-12(7-16)4-5-14(15)19-3/h4-7,13H,8-9H2,1-3H3. The maximum Gasteiger partial charge on any atom is 0.303 e. The van der Waals surface area contributed by atoms with Crippen LogP contribution in [0.1, 0.15) is 24.2 Å². The summed E-state index contributed by atoms with van der Waals surface area (Å²) >= 11 is 0. The van der Waals surface area contributed by atoms with Gasteiger partial charge in [-0.05, 0) is 18.2 Å². The summed E-state index contributed by atoms with van der Waals surface area (Å²) in [6, 6.07) is 4.68. The highest BCUT2D eigenvalue weighted by molar-refractivity contribution is 5.76. The zero-order chi connectivity index (χ0) is 16.5. The lowest BCUT2D eigenvalue weighted by atomic mass is 10.2. The molecule has 0 saturated carbocycles. The first-order chi connectivity index (χ1) is 10.5. The van der Waals surface area contributed by atoms with Gasteiger partial charge < -0.3 is 18.9 Å². The van der Waals surface area contributed by atoms with E-state index in [9.17, 15) is 14.4 Å². The van der Waals surface area contributed by atoms with E-state index >= 15 is 0 Å². The van der Waals surface area contributed by atoms with Crippen LogP contribution in [0.15, 0.2) is 18.2 Å². The maximum absolute atomic E-state index is 11.0. The summed E-state index contributed by atoms with van der Waals surface area (Å²) in [6.07, 6.45) is -0.0830. The van der Waals surface area contributed by atoms with Crippen LogP contribution < -0.4 is 9.47 Å². The fourth-order valence-corrected chi connectivity index (χ4v) is 1.62. The van der Waals surface area contributed by atoms with Crippen LogP contribution in [0.25, 0.3) is 0 Å². The monoisotopic (exact) mass is 310 g/mol. The van der Waals surface area contributed by atoms with E-state index < -0.39 is 18.0 Å². The van der Waals surface area contributed by atoms with Crippen molar-refractivity contribution >= 4 is 18.2 Å². The van der Waals surface area contributed by atoms with Crippen LogP contribution in [0.4, 0.5) is 0 Å². The second kappa shape index (κ2) is 8.66. The topological polar surface area (TPSA) is 88.1 Å². The van der Waals surface area contributed by atoms with Gasteiger partial charge in [-0.25, -0.2) is 0 Å². The minimum atomic E-state index is -0.758. The van der Waals surface area contributed by atoms with Crippen LogP contribution in [-0.2, 0) is 19.1 Å². The molecule has 0 aliphatic carbocycles. The molecule has 0 aliphatic heterocycles. The first-order valence-corrected chi connectivity index (χ1v) is 6.52. The molecule has 7 heteroatoms. The lowest BCUT2D eigenvalue weighted by Gasteiger charge is -2.18. The van der Waals surface area contributed by atoms with Crippen molar-refractivity contribution < 1.29 is 33.3 Å². The molecular formula is C15H18O7. The highest BCUT2D eigenvalue weighted by Gasteiger charge is 2.16. The van der Waals surface area contributed by atoms with Gasteiger partial charge >= 0.3 is 11.9 Å². The van der Waals surface area contributed by atoms with Gasteiger partial charge in [0.1, 0.15) is 19.5 Å². The van der Waals surface area contributed by atoms with Crippen molar-refractivity contribution in [1.82, 2.24) is 0 Å². The van der Waals surface area contributed by atoms with Gasteiger partial charge in [0.2, 0.25) is 0 Å². The molecule has 0 bridgehead atoms. The van der Waals surface area contributed by atoms with Crippen molar-refractivity contribution in [2.45, 2.75) is 20.0 Å². The number of carbonyl (C=O) groups excluding carboxylic acids is 3. The zero-order valence-electron chi connectivity index (χ0n) is 12.7. The summed E-state index contributed by atoms with van der Waals surface area (Å²) < 4.78 is 20.4. The summed E-state index contributed by atoms with van der Waals surface area (Å²) in [6.45, 7) is 2.33. The maximum atomic E-state index is 11.0. The van der Waals surface area contributed by atoms with Gasteiger partial charge in [0.25, 0.3) is 0 Å². The second-order valence-electron chi connectivity index (χ2n) is 4.37. The molecule has 0 saturated heterocycles. The van der Waals surface area contributed by atoms with Crippen LogP contribution in [0.2, 0.25) is 0 Å². The molecule has 1 aromatic rings. The van der Waals surface area contributed by atoms with Gasteiger partial charge in [-0.2, -0.15) is 0 Å². The van der Waals surface area contributed by atoms with Gasteiger partial charge in [-0.1, -0.05) is 0 Å². The minimum Gasteiger partial charge on any atom is -0.493 e. The number of methoxy groups -OCH3 is 1. The normalized spacial score (nSPS) is 11.2. The molecule has 1 rings (SSSR count). The lowest BCUT2D eigenvalue weighted by molar-refractivity contribution is -0.158. The van der Waals surface area contributed by atoms with E-state index in [1.54, 1.807) is 12.1 Å². The first-order valence-electron chi connectivity index (χ1n) is 6.52. The predicted molar refractivity (Wildman–Crippen MR) is 76.1 cm³/mol. The molecule has 120 valence electrons. The van der Waals surface area contributed by atoms with E-state index in [1.165, 1.54) is 27.0 Å². The van der Waals surface area contributed by atoms with E-state index in [0.717, 1.165) is 0 Å². The van der Waals surface area contributed by atoms with Crippen molar-refractivity contribution in [3.63, 3.8) is 0 Å². The molecule has 1 aromatic carbocycles. The number of esters is 2. The molecule has 0 aromatic heterocycles. The highest BCUT2D eigenvalue weighted by Crippen LogP contribution is 2.27. The van der Waals surface area contributed by atoms with E-state index in [-0.39, 0.29) is 13.2 Å². The van der Waals surface area contributed by atoms with Crippen LogP contribution >= 0.6 is 0 Å². The molecule has 0 fully saturated rings. The third kappa shape index (κ3) is 5.82. The Balaban J connectivity index is 2.75. The van der Waals surface area contributed by atoms with Crippen LogP contribution in [-0.4, -0.2) is 44.7 Å². The number of hydrogen-bond acceptors (Lipinski definition) is 7. The number of aldehydes is 1. The van der Waals surface area contributed by atoms with Gasteiger partial charge in [-0.15, -0.1) is 0 Å². The Labute approximate surface area is 128 Å². The van der Waals surface area contributed by atoms with Gasteiger partial charge in [0, 0.05) is 19.4 Å². The lowest BCUT2D eigenvalue weighted by Crippen LogP contribution is -2.30. The molecule has 1 atom stereocenters. The molecule has 22 heavy (non-hydrogen) atoms.